The molecule has 1 heterocycles. The second-order valence-electron chi connectivity index (χ2n) is 4.05. The molecule has 0 radical (unpaired) electrons. The van der Waals surface area contributed by atoms with Crippen molar-refractivity contribution < 1.29 is 8.78 Å². The molecule has 0 saturated carbocycles. The van der Waals surface area contributed by atoms with Crippen LogP contribution in [0, 0.1) is 0 Å². The molecule has 2 nitrogen and oxygen atoms in total. The van der Waals surface area contributed by atoms with Crippen LogP contribution in [-0.4, -0.2) is 10.7 Å². The number of hydrogen-bond acceptors (Lipinski definition) is 3. The summed E-state index contributed by atoms with van der Waals surface area (Å²) in [4.78, 5) is 4.54. The zero-order chi connectivity index (χ0) is 13.7. The lowest BCUT2D eigenvalue weighted by Gasteiger charge is -2.15. The van der Waals surface area contributed by atoms with E-state index in [0.29, 0.717) is 16.7 Å². The summed E-state index contributed by atoms with van der Waals surface area (Å²) in [6.45, 7) is 2.04. The molecule has 0 saturated heterocycles. The van der Waals surface area contributed by atoms with Crippen molar-refractivity contribution in [1.29, 1.82) is 0 Å². The Hall–Kier alpha value is -1.62. The number of alkyl halides is 2. The fourth-order valence-corrected chi connectivity index (χ4v) is 2.22. The van der Waals surface area contributed by atoms with Gasteiger partial charge in [-0.2, -0.15) is 8.78 Å². The first-order valence-corrected chi connectivity index (χ1v) is 6.74. The number of aromatic nitrogens is 1. The predicted molar refractivity (Wildman–Crippen MR) is 74.6 cm³/mol. The van der Waals surface area contributed by atoms with Gasteiger partial charge in [-0.1, -0.05) is 11.8 Å². The molecule has 0 bridgehead atoms. The maximum absolute atomic E-state index is 12.2. The van der Waals surface area contributed by atoms with E-state index in [9.17, 15) is 8.78 Å². The van der Waals surface area contributed by atoms with Gasteiger partial charge in [0.05, 0.1) is 0 Å². The van der Waals surface area contributed by atoms with Crippen LogP contribution in [0.1, 0.15) is 18.5 Å². The highest BCUT2D eigenvalue weighted by atomic mass is 32.2. The predicted octanol–water partition coefficient (Wildman–Crippen LogP) is 4.57. The summed E-state index contributed by atoms with van der Waals surface area (Å²) >= 11 is 0.553. The summed E-state index contributed by atoms with van der Waals surface area (Å²) in [7, 11) is 0. The summed E-state index contributed by atoms with van der Waals surface area (Å²) in [6, 6.07) is 11.0. The maximum Gasteiger partial charge on any atom is 0.288 e. The molecule has 0 aliphatic carbocycles. The second kappa shape index (κ2) is 6.52. The Morgan fingerprint density at radius 3 is 2.26 bits per heavy atom. The first kappa shape index (κ1) is 13.8. The molecule has 2 rings (SSSR count). The van der Waals surface area contributed by atoms with Gasteiger partial charge >= 0.3 is 0 Å². The highest BCUT2D eigenvalue weighted by Crippen LogP contribution is 2.27. The average Bonchev–Trinajstić information content (AvgIpc) is 2.41. The Morgan fingerprint density at radius 2 is 1.68 bits per heavy atom. The number of nitrogens with one attached hydrogen (secondary N) is 1. The van der Waals surface area contributed by atoms with E-state index < -0.39 is 5.76 Å². The summed E-state index contributed by atoms with van der Waals surface area (Å²) in [5, 5.41) is 3.31. The van der Waals surface area contributed by atoms with Crippen LogP contribution in [0.2, 0.25) is 0 Å². The zero-order valence-corrected chi connectivity index (χ0v) is 11.2. The van der Waals surface area contributed by atoms with Gasteiger partial charge in [0.25, 0.3) is 5.76 Å². The normalized spacial score (nSPS) is 12.4. The van der Waals surface area contributed by atoms with E-state index in [1.807, 2.05) is 31.2 Å². The molecule has 1 unspecified atom stereocenters. The van der Waals surface area contributed by atoms with E-state index in [4.69, 9.17) is 0 Å². The molecule has 0 amide bonds. The maximum atomic E-state index is 12.2. The molecule has 100 valence electrons. The molecule has 0 fully saturated rings. The Kier molecular flexibility index (Phi) is 4.74. The SMILES string of the molecule is CC(Nc1ccc(SC(F)F)cc1)c1ccncc1. The molecule has 2 aromatic rings. The van der Waals surface area contributed by atoms with Gasteiger partial charge in [-0.25, -0.2) is 0 Å². The minimum atomic E-state index is -2.38. The van der Waals surface area contributed by atoms with Gasteiger partial charge < -0.3 is 5.32 Å². The van der Waals surface area contributed by atoms with Crippen LogP contribution < -0.4 is 5.32 Å². The number of benzene rings is 1. The van der Waals surface area contributed by atoms with E-state index in [0.717, 1.165) is 11.3 Å². The molecule has 5 heteroatoms. The van der Waals surface area contributed by atoms with E-state index in [1.165, 1.54) is 0 Å². The number of hydrogen-bond donors (Lipinski definition) is 1. The van der Waals surface area contributed by atoms with Crippen molar-refractivity contribution in [2.45, 2.75) is 23.6 Å². The summed E-state index contributed by atoms with van der Waals surface area (Å²) in [5.74, 6) is -2.38. The number of anilines is 1. The van der Waals surface area contributed by atoms with Crippen molar-refractivity contribution in [2.24, 2.45) is 0 Å². The third-order valence-corrected chi connectivity index (χ3v) is 3.39. The fraction of sp³-hybridized carbons (Fsp3) is 0.214. The molecule has 0 aliphatic heterocycles. The van der Waals surface area contributed by atoms with Crippen molar-refractivity contribution in [3.8, 4) is 0 Å². The highest BCUT2D eigenvalue weighted by molar-refractivity contribution is 7.99. The van der Waals surface area contributed by atoms with Crippen LogP contribution in [0.25, 0.3) is 0 Å². The Bertz CT molecular complexity index is 503. The van der Waals surface area contributed by atoms with Crippen LogP contribution in [0.4, 0.5) is 14.5 Å². The summed E-state index contributed by atoms with van der Waals surface area (Å²) in [6.07, 6.45) is 3.49. The van der Waals surface area contributed by atoms with Gasteiger partial charge in [0.2, 0.25) is 0 Å². The molecule has 0 spiro atoms. The third kappa shape index (κ3) is 4.21. The van der Waals surface area contributed by atoms with Gasteiger partial charge in [-0.15, -0.1) is 0 Å². The van der Waals surface area contributed by atoms with Crippen molar-refractivity contribution in [3.63, 3.8) is 0 Å². The van der Waals surface area contributed by atoms with Crippen LogP contribution >= 0.6 is 11.8 Å². The van der Waals surface area contributed by atoms with Crippen molar-refractivity contribution >= 4 is 17.4 Å². The lowest BCUT2D eigenvalue weighted by Crippen LogP contribution is -2.06. The molecule has 1 aromatic heterocycles. The molecule has 19 heavy (non-hydrogen) atoms. The minimum absolute atomic E-state index is 0.136. The van der Waals surface area contributed by atoms with Crippen LogP contribution in [0.3, 0.4) is 0 Å². The second-order valence-corrected chi connectivity index (χ2v) is 5.11. The van der Waals surface area contributed by atoms with Crippen molar-refractivity contribution in [2.75, 3.05) is 5.32 Å². The molecule has 1 aromatic carbocycles. The molecule has 0 aliphatic rings. The molecular formula is C14H14F2N2S. The number of halogens is 2. The Labute approximate surface area is 115 Å². The zero-order valence-electron chi connectivity index (χ0n) is 10.4. The lowest BCUT2D eigenvalue weighted by atomic mass is 10.1. The average molecular weight is 280 g/mol. The Morgan fingerprint density at radius 1 is 1.05 bits per heavy atom. The van der Waals surface area contributed by atoms with Gasteiger partial charge in [0.15, 0.2) is 0 Å². The number of pyridine rings is 1. The molecular weight excluding hydrogens is 266 g/mol. The Balaban J connectivity index is 1.99. The molecule has 1 N–H and O–H groups in total. The first-order chi connectivity index (χ1) is 9.15. The first-order valence-electron chi connectivity index (χ1n) is 5.86. The number of nitrogens with zero attached hydrogens (tertiary/aromatic N) is 1. The lowest BCUT2D eigenvalue weighted by molar-refractivity contribution is 0.252. The van der Waals surface area contributed by atoms with Crippen molar-refractivity contribution in [1.82, 2.24) is 4.98 Å². The summed E-state index contributed by atoms with van der Waals surface area (Å²) in [5.41, 5.74) is 2.03. The van der Waals surface area contributed by atoms with Gasteiger partial charge in [-0.05, 0) is 48.9 Å². The summed E-state index contributed by atoms with van der Waals surface area (Å²) < 4.78 is 24.4. The number of thioether (sulfide) groups is 1. The fourth-order valence-electron chi connectivity index (χ4n) is 1.72. The monoisotopic (exact) mass is 280 g/mol. The van der Waals surface area contributed by atoms with E-state index in [1.54, 1.807) is 24.5 Å². The van der Waals surface area contributed by atoms with E-state index in [-0.39, 0.29) is 6.04 Å². The topological polar surface area (TPSA) is 24.9 Å². The van der Waals surface area contributed by atoms with Crippen molar-refractivity contribution in [3.05, 3.63) is 54.4 Å². The van der Waals surface area contributed by atoms with Gasteiger partial charge in [-0.3, -0.25) is 4.98 Å². The van der Waals surface area contributed by atoms with Crippen LogP contribution in [0.5, 0.6) is 0 Å². The minimum Gasteiger partial charge on any atom is -0.379 e. The van der Waals surface area contributed by atoms with E-state index in [2.05, 4.69) is 10.3 Å². The van der Waals surface area contributed by atoms with Gasteiger partial charge in [0, 0.05) is 29.0 Å². The smallest absolute Gasteiger partial charge is 0.288 e. The van der Waals surface area contributed by atoms with Gasteiger partial charge in [0.1, 0.15) is 0 Å². The highest BCUT2D eigenvalue weighted by Gasteiger charge is 2.07. The molecule has 1 atom stereocenters. The largest absolute Gasteiger partial charge is 0.379 e. The standard InChI is InChI=1S/C14H14F2N2S/c1-10(11-6-8-17-9-7-11)18-12-2-4-13(5-3-12)19-14(15)16/h2-10,14,18H,1H3. The van der Waals surface area contributed by atoms with Crippen LogP contribution in [0.15, 0.2) is 53.7 Å². The van der Waals surface area contributed by atoms with E-state index >= 15 is 0 Å². The third-order valence-electron chi connectivity index (χ3n) is 2.67. The quantitative estimate of drug-likeness (QED) is 0.812. The number of rotatable bonds is 5. The van der Waals surface area contributed by atoms with Crippen LogP contribution in [-0.2, 0) is 0 Å².